The number of carbonyl (C=O) groups is 1. The summed E-state index contributed by atoms with van der Waals surface area (Å²) >= 11 is 0. The monoisotopic (exact) mass is 282 g/mol. The molecule has 0 aromatic heterocycles. The van der Waals surface area contributed by atoms with Crippen LogP contribution in [0.4, 0.5) is 0 Å². The Kier molecular flexibility index (Phi) is 5.83. The van der Waals surface area contributed by atoms with E-state index in [0.717, 1.165) is 25.1 Å². The molecular weight excluding hydrogens is 260 g/mol. The summed E-state index contributed by atoms with van der Waals surface area (Å²) in [6, 6.07) is 10.4. The van der Waals surface area contributed by atoms with Gasteiger partial charge in [-0.15, -0.1) is 12.4 Å². The molecule has 1 aliphatic rings. The fraction of sp³-hybridized carbons (Fsp3) is 0.533. The molecule has 4 heteroatoms. The summed E-state index contributed by atoms with van der Waals surface area (Å²) in [5.41, 5.74) is 0.585. The molecule has 2 N–H and O–H groups in total. The second-order valence-corrected chi connectivity index (χ2v) is 5.49. The molecule has 2 rings (SSSR count). The lowest BCUT2D eigenvalue weighted by molar-refractivity contribution is -0.125. The van der Waals surface area contributed by atoms with E-state index in [9.17, 15) is 4.79 Å². The van der Waals surface area contributed by atoms with Gasteiger partial charge in [0.05, 0.1) is 5.41 Å². The first-order valence-corrected chi connectivity index (χ1v) is 6.68. The Morgan fingerprint density at radius 1 is 1.37 bits per heavy atom. The average Bonchev–Trinajstić information content (AvgIpc) is 2.90. The zero-order chi connectivity index (χ0) is 13.0. The van der Waals surface area contributed by atoms with Crippen molar-refractivity contribution in [2.24, 2.45) is 0 Å². The number of benzene rings is 1. The molecule has 19 heavy (non-hydrogen) atoms. The van der Waals surface area contributed by atoms with E-state index < -0.39 is 5.41 Å². The SMILES string of the molecule is CC(C)(C(=O)NCC1CCCN1)c1ccccc1.Cl. The Morgan fingerprint density at radius 2 is 2.05 bits per heavy atom. The van der Waals surface area contributed by atoms with E-state index in [1.165, 1.54) is 6.42 Å². The molecule has 1 atom stereocenters. The Balaban J connectivity index is 0.00000180. The molecule has 1 unspecified atom stereocenters. The Bertz CT molecular complexity index is 400. The number of hydrogen-bond acceptors (Lipinski definition) is 2. The highest BCUT2D eigenvalue weighted by atomic mass is 35.5. The van der Waals surface area contributed by atoms with Crippen LogP contribution in [-0.2, 0) is 10.2 Å². The largest absolute Gasteiger partial charge is 0.354 e. The van der Waals surface area contributed by atoms with Crippen LogP contribution in [0, 0.1) is 0 Å². The first-order chi connectivity index (χ1) is 8.60. The first-order valence-electron chi connectivity index (χ1n) is 6.68. The minimum atomic E-state index is -0.472. The highest BCUT2D eigenvalue weighted by Crippen LogP contribution is 2.22. The number of amides is 1. The minimum absolute atomic E-state index is 0. The summed E-state index contributed by atoms with van der Waals surface area (Å²) in [6.07, 6.45) is 2.37. The third-order valence-electron chi connectivity index (χ3n) is 3.73. The summed E-state index contributed by atoms with van der Waals surface area (Å²) in [5, 5.41) is 6.45. The molecule has 0 spiro atoms. The Morgan fingerprint density at radius 3 is 2.63 bits per heavy atom. The number of nitrogens with one attached hydrogen (secondary N) is 2. The summed E-state index contributed by atoms with van der Waals surface area (Å²) in [4.78, 5) is 12.3. The van der Waals surface area contributed by atoms with Crippen LogP contribution < -0.4 is 10.6 Å². The lowest BCUT2D eigenvalue weighted by Crippen LogP contribution is -2.45. The Labute approximate surface area is 121 Å². The maximum absolute atomic E-state index is 12.3. The Hall–Kier alpha value is -1.06. The molecule has 1 aromatic carbocycles. The minimum Gasteiger partial charge on any atom is -0.354 e. The van der Waals surface area contributed by atoms with Gasteiger partial charge in [-0.2, -0.15) is 0 Å². The van der Waals surface area contributed by atoms with Crippen molar-refractivity contribution in [2.75, 3.05) is 13.1 Å². The summed E-state index contributed by atoms with van der Waals surface area (Å²) in [5.74, 6) is 0.0994. The lowest BCUT2D eigenvalue weighted by Gasteiger charge is -2.25. The van der Waals surface area contributed by atoms with Crippen molar-refractivity contribution in [3.8, 4) is 0 Å². The smallest absolute Gasteiger partial charge is 0.230 e. The van der Waals surface area contributed by atoms with Gasteiger partial charge in [0.25, 0.3) is 0 Å². The van der Waals surface area contributed by atoms with Crippen molar-refractivity contribution in [2.45, 2.75) is 38.1 Å². The number of halogens is 1. The van der Waals surface area contributed by atoms with E-state index in [1.54, 1.807) is 0 Å². The molecule has 0 aliphatic carbocycles. The van der Waals surface area contributed by atoms with Gasteiger partial charge in [0.2, 0.25) is 5.91 Å². The molecule has 0 radical (unpaired) electrons. The van der Waals surface area contributed by atoms with Crippen LogP contribution in [0.25, 0.3) is 0 Å². The van der Waals surface area contributed by atoms with Crippen molar-refractivity contribution in [1.82, 2.24) is 10.6 Å². The summed E-state index contributed by atoms with van der Waals surface area (Å²) in [7, 11) is 0. The quantitative estimate of drug-likeness (QED) is 0.889. The predicted molar refractivity (Wildman–Crippen MR) is 80.8 cm³/mol. The van der Waals surface area contributed by atoms with Gasteiger partial charge in [-0.05, 0) is 38.8 Å². The van der Waals surface area contributed by atoms with Crippen LogP contribution in [0.15, 0.2) is 30.3 Å². The molecule has 106 valence electrons. The van der Waals surface area contributed by atoms with E-state index in [1.807, 2.05) is 44.2 Å². The van der Waals surface area contributed by atoms with E-state index in [4.69, 9.17) is 0 Å². The molecule has 0 bridgehead atoms. The van der Waals surface area contributed by atoms with Crippen molar-refractivity contribution >= 4 is 18.3 Å². The molecule has 1 amide bonds. The molecule has 0 saturated carbocycles. The van der Waals surface area contributed by atoms with Crippen LogP contribution >= 0.6 is 12.4 Å². The van der Waals surface area contributed by atoms with Crippen LogP contribution in [0.5, 0.6) is 0 Å². The van der Waals surface area contributed by atoms with Crippen molar-refractivity contribution in [3.63, 3.8) is 0 Å². The highest BCUT2D eigenvalue weighted by molar-refractivity contribution is 5.87. The van der Waals surface area contributed by atoms with Crippen molar-refractivity contribution in [1.29, 1.82) is 0 Å². The average molecular weight is 283 g/mol. The van der Waals surface area contributed by atoms with Crippen molar-refractivity contribution in [3.05, 3.63) is 35.9 Å². The topological polar surface area (TPSA) is 41.1 Å². The van der Waals surface area contributed by atoms with E-state index in [2.05, 4.69) is 10.6 Å². The van der Waals surface area contributed by atoms with E-state index in [-0.39, 0.29) is 18.3 Å². The van der Waals surface area contributed by atoms with Gasteiger partial charge in [-0.25, -0.2) is 0 Å². The third kappa shape index (κ3) is 3.95. The number of rotatable bonds is 4. The normalized spacial score (nSPS) is 18.7. The zero-order valence-electron chi connectivity index (χ0n) is 11.6. The van der Waals surface area contributed by atoms with E-state index >= 15 is 0 Å². The second kappa shape index (κ2) is 6.92. The van der Waals surface area contributed by atoms with Crippen LogP contribution in [0.1, 0.15) is 32.3 Å². The maximum atomic E-state index is 12.3. The number of carbonyl (C=O) groups excluding carboxylic acids is 1. The van der Waals surface area contributed by atoms with Crippen molar-refractivity contribution < 1.29 is 4.79 Å². The fourth-order valence-corrected chi connectivity index (χ4v) is 2.35. The van der Waals surface area contributed by atoms with Gasteiger partial charge in [0.15, 0.2) is 0 Å². The number of hydrogen-bond donors (Lipinski definition) is 2. The lowest BCUT2D eigenvalue weighted by atomic mass is 9.83. The van der Waals surface area contributed by atoms with Gasteiger partial charge in [-0.1, -0.05) is 30.3 Å². The summed E-state index contributed by atoms with van der Waals surface area (Å²) < 4.78 is 0. The second-order valence-electron chi connectivity index (χ2n) is 5.49. The molecule has 3 nitrogen and oxygen atoms in total. The van der Waals surface area contributed by atoms with Crippen LogP contribution in [0.2, 0.25) is 0 Å². The molecule has 1 heterocycles. The van der Waals surface area contributed by atoms with Gasteiger partial charge in [-0.3, -0.25) is 4.79 Å². The standard InChI is InChI=1S/C15H22N2O.ClH/c1-15(2,12-7-4-3-5-8-12)14(18)17-11-13-9-6-10-16-13;/h3-5,7-8,13,16H,6,9-11H2,1-2H3,(H,17,18);1H. The first kappa shape index (κ1) is 16.0. The predicted octanol–water partition coefficient (Wildman–Crippen LogP) is 2.25. The van der Waals surface area contributed by atoms with Gasteiger partial charge < -0.3 is 10.6 Å². The molecule has 1 fully saturated rings. The van der Waals surface area contributed by atoms with Gasteiger partial charge in [0.1, 0.15) is 0 Å². The molecule has 1 saturated heterocycles. The fourth-order valence-electron chi connectivity index (χ4n) is 2.35. The molecular formula is C15H23ClN2O. The molecule has 1 aliphatic heterocycles. The van der Waals surface area contributed by atoms with Gasteiger partial charge >= 0.3 is 0 Å². The van der Waals surface area contributed by atoms with Gasteiger partial charge in [0, 0.05) is 12.6 Å². The van der Waals surface area contributed by atoms with Crippen LogP contribution in [0.3, 0.4) is 0 Å². The van der Waals surface area contributed by atoms with Crippen LogP contribution in [-0.4, -0.2) is 25.0 Å². The maximum Gasteiger partial charge on any atom is 0.230 e. The van der Waals surface area contributed by atoms with E-state index in [0.29, 0.717) is 6.04 Å². The third-order valence-corrected chi connectivity index (χ3v) is 3.73. The highest BCUT2D eigenvalue weighted by Gasteiger charge is 2.29. The summed E-state index contributed by atoms with van der Waals surface area (Å²) in [6.45, 7) is 5.75. The zero-order valence-corrected chi connectivity index (χ0v) is 12.4. The molecule has 1 aromatic rings.